The minimum absolute atomic E-state index is 0.0336. The van der Waals surface area contributed by atoms with E-state index in [1.165, 1.54) is 5.56 Å². The van der Waals surface area contributed by atoms with E-state index in [2.05, 4.69) is 5.32 Å². The minimum Gasteiger partial charge on any atom is -0.324 e. The molecule has 3 aromatic carbocycles. The lowest BCUT2D eigenvalue weighted by atomic mass is 10.1. The Hall–Kier alpha value is -3.51. The first-order valence-corrected chi connectivity index (χ1v) is 10.1. The van der Waals surface area contributed by atoms with Gasteiger partial charge in [-0.1, -0.05) is 66.2 Å². The summed E-state index contributed by atoms with van der Waals surface area (Å²) in [6.45, 7) is 4.04. The first-order chi connectivity index (χ1) is 14.5. The number of benzene rings is 3. The van der Waals surface area contributed by atoms with Gasteiger partial charge in [0.2, 0.25) is 10.7 Å². The van der Waals surface area contributed by atoms with Gasteiger partial charge in [0.15, 0.2) is 5.82 Å². The van der Waals surface area contributed by atoms with E-state index in [1.54, 1.807) is 4.68 Å². The second-order valence-corrected chi connectivity index (χ2v) is 7.53. The average molecular weight is 415 g/mol. The summed E-state index contributed by atoms with van der Waals surface area (Å²) in [6.07, 6.45) is 0. The zero-order valence-corrected chi connectivity index (χ0v) is 17.7. The van der Waals surface area contributed by atoms with Crippen LogP contribution in [0, 0.1) is 18.6 Å². The Balaban J connectivity index is 1.72. The highest BCUT2D eigenvalue weighted by Gasteiger charge is 2.16. The highest BCUT2D eigenvalue weighted by molar-refractivity contribution is 7.71. The van der Waals surface area contributed by atoms with Crippen LogP contribution in [0.3, 0.4) is 0 Å². The van der Waals surface area contributed by atoms with Crippen LogP contribution in [0.5, 0.6) is 0 Å². The van der Waals surface area contributed by atoms with Crippen molar-refractivity contribution in [2.45, 2.75) is 20.4 Å². The molecule has 0 radical (unpaired) electrons. The van der Waals surface area contributed by atoms with Crippen molar-refractivity contribution in [3.63, 3.8) is 0 Å². The number of aryl methyl sites for hydroxylation is 2. The van der Waals surface area contributed by atoms with Crippen LogP contribution in [0.25, 0.3) is 17.1 Å². The Labute approximate surface area is 180 Å². The van der Waals surface area contributed by atoms with Crippen LogP contribution in [0.2, 0.25) is 0 Å². The topological polar surface area (TPSA) is 51.9 Å². The second kappa shape index (κ2) is 8.47. The average Bonchev–Trinajstić information content (AvgIpc) is 3.07. The predicted octanol–water partition coefficient (Wildman–Crippen LogP) is 5.33. The Morgan fingerprint density at radius 3 is 2.30 bits per heavy atom. The quantitative estimate of drug-likeness (QED) is 0.449. The molecule has 0 atom stereocenters. The van der Waals surface area contributed by atoms with Crippen LogP contribution in [0.1, 0.15) is 11.1 Å². The molecule has 0 saturated carbocycles. The predicted molar refractivity (Wildman–Crippen MR) is 122 cm³/mol. The van der Waals surface area contributed by atoms with E-state index in [9.17, 15) is 4.79 Å². The van der Waals surface area contributed by atoms with Crippen molar-refractivity contribution in [1.82, 2.24) is 14.3 Å². The van der Waals surface area contributed by atoms with E-state index in [-0.39, 0.29) is 12.5 Å². The summed E-state index contributed by atoms with van der Waals surface area (Å²) < 4.78 is 3.95. The highest BCUT2D eigenvalue weighted by Crippen LogP contribution is 2.23. The van der Waals surface area contributed by atoms with Crippen molar-refractivity contribution in [3.05, 3.63) is 94.8 Å². The monoisotopic (exact) mass is 414 g/mol. The number of amides is 1. The molecule has 0 aliphatic carbocycles. The van der Waals surface area contributed by atoms with Crippen LogP contribution in [-0.2, 0) is 11.3 Å². The van der Waals surface area contributed by atoms with E-state index in [0.717, 1.165) is 22.5 Å². The Morgan fingerprint density at radius 2 is 1.60 bits per heavy atom. The number of carbonyl (C=O) groups is 1. The second-order valence-electron chi connectivity index (χ2n) is 7.16. The molecule has 0 fully saturated rings. The van der Waals surface area contributed by atoms with E-state index >= 15 is 0 Å². The van der Waals surface area contributed by atoms with E-state index in [4.69, 9.17) is 17.3 Å². The van der Waals surface area contributed by atoms with Crippen molar-refractivity contribution >= 4 is 23.8 Å². The van der Waals surface area contributed by atoms with Gasteiger partial charge in [-0.25, -0.2) is 4.68 Å². The molecule has 1 N–H and O–H groups in total. The zero-order chi connectivity index (χ0) is 21.1. The third kappa shape index (κ3) is 4.09. The number of carbonyl (C=O) groups excluding carboxylic acids is 1. The molecule has 0 aliphatic rings. The van der Waals surface area contributed by atoms with Crippen LogP contribution in [-0.4, -0.2) is 20.3 Å². The number of aromatic nitrogens is 3. The van der Waals surface area contributed by atoms with Crippen LogP contribution >= 0.6 is 12.2 Å². The molecule has 30 heavy (non-hydrogen) atoms. The SMILES string of the molecule is Cc1ccc(-c2nn(CC(=O)Nc3ccccc3C)c(=S)n2-c2ccccc2)cc1. The largest absolute Gasteiger partial charge is 0.324 e. The molecule has 5 nitrogen and oxygen atoms in total. The van der Waals surface area contributed by atoms with E-state index < -0.39 is 0 Å². The maximum Gasteiger partial charge on any atom is 0.246 e. The lowest BCUT2D eigenvalue weighted by molar-refractivity contribution is -0.116. The molecule has 0 bridgehead atoms. The first kappa shape index (κ1) is 19.8. The maximum absolute atomic E-state index is 12.7. The van der Waals surface area contributed by atoms with Gasteiger partial charge in [0.1, 0.15) is 6.54 Å². The molecule has 6 heteroatoms. The first-order valence-electron chi connectivity index (χ1n) is 9.71. The van der Waals surface area contributed by atoms with Crippen molar-refractivity contribution in [2.24, 2.45) is 0 Å². The molecule has 1 aromatic heterocycles. The van der Waals surface area contributed by atoms with Crippen molar-refractivity contribution < 1.29 is 4.79 Å². The molecular weight excluding hydrogens is 392 g/mol. The summed E-state index contributed by atoms with van der Waals surface area (Å²) in [7, 11) is 0. The minimum atomic E-state index is -0.173. The number of rotatable bonds is 5. The van der Waals surface area contributed by atoms with E-state index in [1.807, 2.05) is 97.3 Å². The molecule has 4 rings (SSSR count). The summed E-state index contributed by atoms with van der Waals surface area (Å²) in [4.78, 5) is 12.7. The fourth-order valence-electron chi connectivity index (χ4n) is 3.25. The van der Waals surface area contributed by atoms with Gasteiger partial charge >= 0.3 is 0 Å². The van der Waals surface area contributed by atoms with Gasteiger partial charge in [-0.3, -0.25) is 9.36 Å². The van der Waals surface area contributed by atoms with Gasteiger partial charge in [-0.2, -0.15) is 5.10 Å². The van der Waals surface area contributed by atoms with Crippen LogP contribution in [0.4, 0.5) is 5.69 Å². The van der Waals surface area contributed by atoms with Gasteiger partial charge < -0.3 is 5.32 Å². The van der Waals surface area contributed by atoms with Crippen molar-refractivity contribution in [2.75, 3.05) is 5.32 Å². The third-order valence-corrected chi connectivity index (χ3v) is 5.27. The summed E-state index contributed by atoms with van der Waals surface area (Å²) in [5.74, 6) is 0.531. The third-order valence-electron chi connectivity index (χ3n) is 4.88. The molecule has 0 unspecified atom stereocenters. The Bertz CT molecular complexity index is 1240. The molecule has 0 aliphatic heterocycles. The smallest absolute Gasteiger partial charge is 0.246 e. The molecule has 1 amide bonds. The summed E-state index contributed by atoms with van der Waals surface area (Å²) in [6, 6.07) is 25.6. The normalized spacial score (nSPS) is 10.7. The molecular formula is C24H22N4OS. The lowest BCUT2D eigenvalue weighted by Crippen LogP contribution is -2.20. The van der Waals surface area contributed by atoms with Crippen LogP contribution in [0.15, 0.2) is 78.9 Å². The van der Waals surface area contributed by atoms with Gasteiger partial charge in [0.05, 0.1) is 0 Å². The van der Waals surface area contributed by atoms with Gasteiger partial charge in [0.25, 0.3) is 0 Å². The zero-order valence-electron chi connectivity index (χ0n) is 16.9. The van der Waals surface area contributed by atoms with Crippen molar-refractivity contribution in [3.8, 4) is 17.1 Å². The number of para-hydroxylation sites is 2. The lowest BCUT2D eigenvalue weighted by Gasteiger charge is -2.08. The van der Waals surface area contributed by atoms with Gasteiger partial charge in [-0.15, -0.1) is 0 Å². The van der Waals surface area contributed by atoms with Gasteiger partial charge in [0, 0.05) is 16.9 Å². The molecule has 1 heterocycles. The summed E-state index contributed by atoms with van der Waals surface area (Å²) in [5, 5.41) is 7.65. The molecule has 0 saturated heterocycles. The summed E-state index contributed by atoms with van der Waals surface area (Å²) >= 11 is 5.71. The Morgan fingerprint density at radius 1 is 0.933 bits per heavy atom. The summed E-state index contributed by atoms with van der Waals surface area (Å²) in [5.41, 5.74) is 4.80. The van der Waals surface area contributed by atoms with E-state index in [0.29, 0.717) is 10.6 Å². The number of nitrogens with one attached hydrogen (secondary N) is 1. The highest BCUT2D eigenvalue weighted by atomic mass is 32.1. The molecule has 4 aromatic rings. The number of hydrogen-bond donors (Lipinski definition) is 1. The number of anilines is 1. The van der Waals surface area contributed by atoms with Gasteiger partial charge in [-0.05, 0) is 49.8 Å². The molecule has 150 valence electrons. The number of hydrogen-bond acceptors (Lipinski definition) is 3. The maximum atomic E-state index is 12.7. The Kier molecular flexibility index (Phi) is 5.59. The fraction of sp³-hybridized carbons (Fsp3) is 0.125. The fourth-order valence-corrected chi connectivity index (χ4v) is 3.55. The van der Waals surface area contributed by atoms with Crippen molar-refractivity contribution in [1.29, 1.82) is 0 Å². The van der Waals surface area contributed by atoms with Crippen LogP contribution < -0.4 is 5.32 Å². The molecule has 0 spiro atoms. The standard InChI is InChI=1S/C24H22N4OS/c1-17-12-14-19(15-13-17)23-26-27(24(30)28(23)20-9-4-3-5-10-20)16-22(29)25-21-11-7-6-8-18(21)2/h3-15H,16H2,1-2H3,(H,25,29). The number of nitrogens with zero attached hydrogens (tertiary/aromatic N) is 3.